The molecule has 0 saturated carbocycles. The molecule has 0 unspecified atom stereocenters. The Morgan fingerprint density at radius 2 is 1.88 bits per heavy atom. The van der Waals surface area contributed by atoms with Crippen molar-refractivity contribution in [2.24, 2.45) is 4.99 Å². The average molecular weight is 502 g/mol. The summed E-state index contributed by atoms with van der Waals surface area (Å²) in [6.45, 7) is 1.72. The standard InChI is InChI=1S/C24H17Cl2NO5S/c1-3-10-32-21-16(25)11-14(12-17(21)26)13-18-20(28)19(24(30)31-4-2)23(33-18)27-22(29)15-8-6-5-7-9-15/h1,5-9,11-13,28H,4,10H2,2H3/b18-13-,27-23?. The van der Waals surface area contributed by atoms with Gasteiger partial charge in [0.1, 0.15) is 23.0 Å². The van der Waals surface area contributed by atoms with Crippen molar-refractivity contribution >= 4 is 58.0 Å². The Hall–Kier alpha value is -3.18. The molecular weight excluding hydrogens is 485 g/mol. The number of ether oxygens (including phenoxy) is 2. The second-order valence-corrected chi connectivity index (χ2v) is 8.29. The first-order valence-electron chi connectivity index (χ1n) is 9.59. The number of benzene rings is 2. The number of terminal acetylenes is 1. The summed E-state index contributed by atoms with van der Waals surface area (Å²) in [5.74, 6) is 0.850. The number of carbonyl (C=O) groups is 2. The van der Waals surface area contributed by atoms with Gasteiger partial charge in [-0.25, -0.2) is 9.79 Å². The molecule has 168 valence electrons. The fraction of sp³-hybridized carbons (Fsp3) is 0.125. The van der Waals surface area contributed by atoms with Gasteiger partial charge < -0.3 is 14.6 Å². The molecule has 2 aromatic rings. The first-order valence-corrected chi connectivity index (χ1v) is 11.2. The largest absolute Gasteiger partial charge is 0.506 e. The van der Waals surface area contributed by atoms with Crippen LogP contribution in [0.15, 0.2) is 63.7 Å². The van der Waals surface area contributed by atoms with Gasteiger partial charge >= 0.3 is 5.97 Å². The summed E-state index contributed by atoms with van der Waals surface area (Å²) in [5, 5.41) is 11.2. The lowest BCUT2D eigenvalue weighted by Gasteiger charge is -2.09. The highest BCUT2D eigenvalue weighted by Crippen LogP contribution is 2.41. The average Bonchev–Trinajstić information content (AvgIpc) is 3.08. The number of aliphatic hydroxyl groups excluding tert-OH is 1. The van der Waals surface area contributed by atoms with Gasteiger partial charge in [-0.1, -0.05) is 59.1 Å². The molecule has 9 heteroatoms. The second-order valence-electron chi connectivity index (χ2n) is 6.45. The van der Waals surface area contributed by atoms with Crippen molar-refractivity contribution in [2.45, 2.75) is 6.92 Å². The summed E-state index contributed by atoms with van der Waals surface area (Å²) >= 11 is 13.4. The third-order valence-electron chi connectivity index (χ3n) is 4.21. The van der Waals surface area contributed by atoms with Crippen LogP contribution in [0.3, 0.4) is 0 Å². The molecule has 3 rings (SSSR count). The van der Waals surface area contributed by atoms with E-state index >= 15 is 0 Å². The predicted octanol–water partition coefficient (Wildman–Crippen LogP) is 5.71. The van der Waals surface area contributed by atoms with Crippen molar-refractivity contribution in [1.82, 2.24) is 0 Å². The third-order valence-corrected chi connectivity index (χ3v) is 5.79. The summed E-state index contributed by atoms with van der Waals surface area (Å²) in [4.78, 5) is 29.4. The molecule has 1 amide bonds. The monoisotopic (exact) mass is 501 g/mol. The molecule has 2 aromatic carbocycles. The molecule has 0 aromatic heterocycles. The van der Waals surface area contributed by atoms with E-state index in [1.54, 1.807) is 55.5 Å². The number of carbonyl (C=O) groups excluding carboxylic acids is 2. The van der Waals surface area contributed by atoms with E-state index in [0.29, 0.717) is 11.1 Å². The Labute approximate surface area is 204 Å². The van der Waals surface area contributed by atoms with Gasteiger partial charge in [-0.3, -0.25) is 4.79 Å². The molecular formula is C24H17Cl2NO5S. The van der Waals surface area contributed by atoms with Crippen molar-refractivity contribution in [1.29, 1.82) is 0 Å². The number of nitrogens with zero attached hydrogens (tertiary/aromatic N) is 1. The zero-order valence-corrected chi connectivity index (χ0v) is 19.6. The molecule has 1 N–H and O–H groups in total. The van der Waals surface area contributed by atoms with Crippen LogP contribution in [0.4, 0.5) is 0 Å². The Morgan fingerprint density at radius 1 is 1.21 bits per heavy atom. The molecule has 0 spiro atoms. The number of aliphatic hydroxyl groups is 1. The molecule has 1 aliphatic rings. The first-order chi connectivity index (χ1) is 15.8. The lowest BCUT2D eigenvalue weighted by atomic mass is 10.1. The lowest BCUT2D eigenvalue weighted by Crippen LogP contribution is -2.14. The number of esters is 1. The van der Waals surface area contributed by atoms with E-state index in [1.807, 2.05) is 0 Å². The number of halogens is 2. The molecule has 1 aliphatic heterocycles. The van der Waals surface area contributed by atoms with Crippen molar-refractivity contribution in [3.8, 4) is 18.1 Å². The maximum atomic E-state index is 12.6. The van der Waals surface area contributed by atoms with E-state index in [1.165, 1.54) is 0 Å². The fourth-order valence-electron chi connectivity index (χ4n) is 2.80. The Morgan fingerprint density at radius 3 is 2.48 bits per heavy atom. The Bertz CT molecular complexity index is 1210. The summed E-state index contributed by atoms with van der Waals surface area (Å²) in [7, 11) is 0. The van der Waals surface area contributed by atoms with Crippen molar-refractivity contribution in [2.75, 3.05) is 13.2 Å². The van der Waals surface area contributed by atoms with Crippen LogP contribution >= 0.6 is 35.0 Å². The van der Waals surface area contributed by atoms with E-state index in [2.05, 4.69) is 10.9 Å². The lowest BCUT2D eigenvalue weighted by molar-refractivity contribution is -0.138. The molecule has 0 saturated heterocycles. The van der Waals surface area contributed by atoms with E-state index in [4.69, 9.17) is 39.1 Å². The summed E-state index contributed by atoms with van der Waals surface area (Å²) in [6.07, 6.45) is 6.75. The van der Waals surface area contributed by atoms with Gasteiger partial charge in [0, 0.05) is 5.56 Å². The van der Waals surface area contributed by atoms with Crippen molar-refractivity contribution in [3.63, 3.8) is 0 Å². The molecule has 1 heterocycles. The van der Waals surface area contributed by atoms with Crippen LogP contribution in [-0.4, -0.2) is 35.2 Å². The minimum absolute atomic E-state index is 0.00256. The Balaban J connectivity index is 2.01. The van der Waals surface area contributed by atoms with Gasteiger partial charge in [-0.15, -0.1) is 6.42 Å². The molecule has 0 atom stereocenters. The smallest absolute Gasteiger partial charge is 0.344 e. The zero-order valence-electron chi connectivity index (χ0n) is 17.3. The minimum Gasteiger partial charge on any atom is -0.506 e. The van der Waals surface area contributed by atoms with Crippen LogP contribution in [-0.2, 0) is 9.53 Å². The highest BCUT2D eigenvalue weighted by molar-refractivity contribution is 8.18. The fourth-order valence-corrected chi connectivity index (χ4v) is 4.42. The van der Waals surface area contributed by atoms with Crippen molar-refractivity contribution in [3.05, 3.63) is 79.9 Å². The Kier molecular flexibility index (Phi) is 8.23. The number of thioether (sulfide) groups is 1. The topological polar surface area (TPSA) is 85.2 Å². The highest BCUT2D eigenvalue weighted by Gasteiger charge is 2.34. The maximum absolute atomic E-state index is 12.6. The quantitative estimate of drug-likeness (QED) is 0.403. The van der Waals surface area contributed by atoms with Crippen LogP contribution in [0.1, 0.15) is 22.8 Å². The van der Waals surface area contributed by atoms with Crippen LogP contribution in [0, 0.1) is 12.3 Å². The van der Waals surface area contributed by atoms with Crippen LogP contribution in [0.25, 0.3) is 6.08 Å². The number of hydrogen-bond donors (Lipinski definition) is 1. The van der Waals surface area contributed by atoms with Gasteiger partial charge in [-0.05, 0) is 42.8 Å². The van der Waals surface area contributed by atoms with E-state index in [0.717, 1.165) is 11.8 Å². The van der Waals surface area contributed by atoms with Gasteiger partial charge in [0.2, 0.25) is 0 Å². The van der Waals surface area contributed by atoms with Crippen LogP contribution in [0.5, 0.6) is 5.75 Å². The van der Waals surface area contributed by atoms with Gasteiger partial charge in [-0.2, -0.15) is 0 Å². The SMILES string of the molecule is C#CCOc1c(Cl)cc(/C=C2\SC(=NC(=O)c3ccccc3)C(C(=O)OCC)=C2O)cc1Cl. The molecule has 0 bridgehead atoms. The molecule has 33 heavy (non-hydrogen) atoms. The molecule has 0 aliphatic carbocycles. The highest BCUT2D eigenvalue weighted by atomic mass is 35.5. The molecule has 0 radical (unpaired) electrons. The summed E-state index contributed by atoms with van der Waals surface area (Å²) < 4.78 is 10.4. The number of amides is 1. The maximum Gasteiger partial charge on any atom is 0.344 e. The normalized spacial score (nSPS) is 15.6. The van der Waals surface area contributed by atoms with Crippen molar-refractivity contribution < 1.29 is 24.2 Å². The first kappa shape index (κ1) is 24.5. The summed E-state index contributed by atoms with van der Waals surface area (Å²) in [5.41, 5.74) is 0.668. The van der Waals surface area contributed by atoms with Gasteiger partial charge in [0.05, 0.1) is 21.6 Å². The number of aliphatic imine (C=N–C) groups is 1. The third kappa shape index (κ3) is 5.79. The van der Waals surface area contributed by atoms with E-state index in [9.17, 15) is 14.7 Å². The van der Waals surface area contributed by atoms with Crippen LogP contribution < -0.4 is 4.74 Å². The molecule has 6 nitrogen and oxygen atoms in total. The minimum atomic E-state index is -0.792. The van der Waals surface area contributed by atoms with E-state index < -0.39 is 11.9 Å². The van der Waals surface area contributed by atoms with Gasteiger partial charge in [0.15, 0.2) is 5.75 Å². The van der Waals surface area contributed by atoms with Crippen LogP contribution in [0.2, 0.25) is 10.0 Å². The molecule has 0 fully saturated rings. The number of rotatable bonds is 6. The summed E-state index contributed by atoms with van der Waals surface area (Å²) in [6, 6.07) is 11.5. The second kappa shape index (κ2) is 11.1. The number of hydrogen-bond acceptors (Lipinski definition) is 6. The zero-order chi connectivity index (χ0) is 24.0. The van der Waals surface area contributed by atoms with E-state index in [-0.39, 0.29) is 50.3 Å². The van der Waals surface area contributed by atoms with Gasteiger partial charge in [0.25, 0.3) is 5.91 Å². The predicted molar refractivity (Wildman–Crippen MR) is 131 cm³/mol.